The second-order valence-electron chi connectivity index (χ2n) is 13.1. The lowest BCUT2D eigenvalue weighted by Crippen LogP contribution is -2.35. The molecule has 2 N–H and O–H groups in total. The van der Waals surface area contributed by atoms with Crippen LogP contribution in [0.15, 0.2) is 77.9 Å². The van der Waals surface area contributed by atoms with Crippen LogP contribution in [0.5, 0.6) is 5.88 Å². The molecule has 268 valence electrons. The van der Waals surface area contributed by atoms with Gasteiger partial charge >= 0.3 is 5.97 Å². The summed E-state index contributed by atoms with van der Waals surface area (Å²) in [5, 5.41) is 7.35. The van der Waals surface area contributed by atoms with Crippen LogP contribution in [0, 0.1) is 5.92 Å². The van der Waals surface area contributed by atoms with Gasteiger partial charge in [-0.05, 0) is 43.1 Å². The van der Waals surface area contributed by atoms with Gasteiger partial charge in [0.25, 0.3) is 5.56 Å². The molecule has 0 saturated carbocycles. The predicted octanol–water partition coefficient (Wildman–Crippen LogP) is 5.77. The van der Waals surface area contributed by atoms with Gasteiger partial charge in [0.2, 0.25) is 11.8 Å². The van der Waals surface area contributed by atoms with E-state index in [4.69, 9.17) is 37.7 Å². The van der Waals surface area contributed by atoms with Gasteiger partial charge in [-0.2, -0.15) is 0 Å². The van der Waals surface area contributed by atoms with Crippen molar-refractivity contribution < 1.29 is 19.1 Å². The monoisotopic (exact) mass is 740 g/mol. The molecule has 0 aliphatic carbocycles. The number of aromatic nitrogens is 3. The number of likely N-dealkylation sites (tertiary alicyclic amines) is 1. The van der Waals surface area contributed by atoms with Crippen LogP contribution < -0.4 is 20.9 Å². The second kappa shape index (κ2) is 15.4. The molecule has 5 aromatic rings. The Kier molecular flexibility index (Phi) is 10.6. The summed E-state index contributed by atoms with van der Waals surface area (Å²) in [4.78, 5) is 48.4. The summed E-state index contributed by atoms with van der Waals surface area (Å²) >= 11 is 14.2. The molecule has 2 aromatic carbocycles. The van der Waals surface area contributed by atoms with Gasteiger partial charge in [-0.1, -0.05) is 65.7 Å². The lowest BCUT2D eigenvalue weighted by Gasteiger charge is -2.16. The number of hydrogen-bond acceptors (Lipinski definition) is 9. The Morgan fingerprint density at radius 3 is 2.44 bits per heavy atom. The summed E-state index contributed by atoms with van der Waals surface area (Å²) in [5.74, 6) is 0.178. The van der Waals surface area contributed by atoms with Crippen molar-refractivity contribution in [3.05, 3.63) is 105 Å². The lowest BCUT2D eigenvalue weighted by atomic mass is 9.97. The number of rotatable bonds is 11. The number of nitrogens with one attached hydrogen (secondary N) is 2. The lowest BCUT2D eigenvalue weighted by molar-refractivity contribution is -0.145. The Balaban J connectivity index is 1.12. The first-order valence-corrected chi connectivity index (χ1v) is 17.9. The molecule has 13 heteroatoms. The Bertz CT molecular complexity index is 2230. The van der Waals surface area contributed by atoms with Crippen LogP contribution in [0.4, 0.5) is 0 Å². The standard InChI is InChI=1S/C39H38Cl2N6O5/c1-51-37-24(18-42-20-27-10-12-34(48)44-27)9-11-32(45-37)31-8-4-7-30(36(31)41)29-6-3-5-28(35(29)40)23-14-16-47-33(17-23)43-19-26(38(47)49)22-46-15-13-25(21-46)39(50)52-2/h3-9,11,14,16-17,19,25,27,42H,10,12-13,15,18,20-22H2,1-2H3,(H,44,48)/t25-,27-/m0/s1. The van der Waals surface area contributed by atoms with Crippen molar-refractivity contribution in [1.82, 2.24) is 29.9 Å². The minimum Gasteiger partial charge on any atom is -0.481 e. The number of esters is 1. The zero-order valence-electron chi connectivity index (χ0n) is 28.8. The zero-order chi connectivity index (χ0) is 36.4. The molecule has 2 aliphatic heterocycles. The molecule has 0 unspecified atom stereocenters. The van der Waals surface area contributed by atoms with Crippen LogP contribution >= 0.6 is 23.2 Å². The number of ether oxygens (including phenoxy) is 2. The average Bonchev–Trinajstić information content (AvgIpc) is 3.81. The van der Waals surface area contributed by atoms with E-state index in [1.54, 1.807) is 19.5 Å². The molecule has 3 aromatic heterocycles. The summed E-state index contributed by atoms with van der Waals surface area (Å²) in [6, 6.07) is 19.2. The maximum Gasteiger partial charge on any atom is 0.310 e. The minimum atomic E-state index is -0.220. The average molecular weight is 742 g/mol. The third kappa shape index (κ3) is 7.27. The van der Waals surface area contributed by atoms with Crippen molar-refractivity contribution in [3.63, 3.8) is 0 Å². The van der Waals surface area contributed by atoms with Gasteiger partial charge in [-0.3, -0.25) is 23.7 Å². The normalized spacial score (nSPS) is 17.4. The van der Waals surface area contributed by atoms with Gasteiger partial charge in [-0.15, -0.1) is 0 Å². The van der Waals surface area contributed by atoms with Crippen molar-refractivity contribution in [3.8, 4) is 39.4 Å². The molecule has 2 fully saturated rings. The maximum absolute atomic E-state index is 13.4. The van der Waals surface area contributed by atoms with Gasteiger partial charge in [0.05, 0.1) is 41.4 Å². The first-order chi connectivity index (χ1) is 25.2. The molecule has 0 bridgehead atoms. The SMILES string of the molecule is COC(=O)[C@H]1CCN(Cc2cnc3cc(-c4cccc(-c5cccc(-c6ccc(CNC[C@@H]7CCC(=O)N7)c(OC)n6)c5Cl)c4Cl)ccn3c2=O)C1. The minimum absolute atomic E-state index is 0.0908. The Morgan fingerprint density at radius 1 is 0.962 bits per heavy atom. The number of amides is 1. The third-order valence-electron chi connectivity index (χ3n) is 9.78. The van der Waals surface area contributed by atoms with Gasteiger partial charge in [-0.25, -0.2) is 9.97 Å². The van der Waals surface area contributed by atoms with E-state index in [-0.39, 0.29) is 29.4 Å². The van der Waals surface area contributed by atoms with Crippen molar-refractivity contribution >= 4 is 40.7 Å². The highest BCUT2D eigenvalue weighted by atomic mass is 35.5. The predicted molar refractivity (Wildman–Crippen MR) is 200 cm³/mol. The van der Waals surface area contributed by atoms with Crippen molar-refractivity contribution in [2.45, 2.75) is 38.4 Å². The molecule has 52 heavy (non-hydrogen) atoms. The summed E-state index contributed by atoms with van der Waals surface area (Å²) < 4.78 is 12.1. The summed E-state index contributed by atoms with van der Waals surface area (Å²) in [6.45, 7) is 2.87. The van der Waals surface area contributed by atoms with Crippen LogP contribution in [0.3, 0.4) is 0 Å². The number of benzene rings is 2. The van der Waals surface area contributed by atoms with E-state index < -0.39 is 0 Å². The number of nitrogens with zero attached hydrogens (tertiary/aromatic N) is 4. The number of halogens is 2. The quantitative estimate of drug-likeness (QED) is 0.162. The zero-order valence-corrected chi connectivity index (χ0v) is 30.3. The molecule has 2 saturated heterocycles. The first-order valence-electron chi connectivity index (χ1n) is 17.2. The van der Waals surface area contributed by atoms with E-state index in [0.717, 1.165) is 39.8 Å². The van der Waals surface area contributed by atoms with Gasteiger partial charge in [0, 0.05) is 78.9 Å². The van der Waals surface area contributed by atoms with E-state index in [1.165, 1.54) is 11.5 Å². The molecule has 2 atom stereocenters. The molecule has 1 amide bonds. The number of carbonyl (C=O) groups excluding carboxylic acids is 2. The number of fused-ring (bicyclic) bond motifs is 1. The number of hydrogen-bond donors (Lipinski definition) is 2. The number of carbonyl (C=O) groups is 2. The van der Waals surface area contributed by atoms with Crippen LogP contribution in [0.1, 0.15) is 30.4 Å². The fourth-order valence-corrected chi connectivity index (χ4v) is 7.67. The summed E-state index contributed by atoms with van der Waals surface area (Å²) in [7, 11) is 2.99. The third-order valence-corrected chi connectivity index (χ3v) is 10.6. The van der Waals surface area contributed by atoms with Crippen LogP contribution in [0.2, 0.25) is 10.0 Å². The van der Waals surface area contributed by atoms with E-state index in [1.807, 2.05) is 60.7 Å². The highest BCUT2D eigenvalue weighted by molar-refractivity contribution is 6.39. The van der Waals surface area contributed by atoms with Crippen molar-refractivity contribution in [2.24, 2.45) is 5.92 Å². The number of pyridine rings is 2. The maximum atomic E-state index is 13.4. The molecule has 0 spiro atoms. The molecule has 11 nitrogen and oxygen atoms in total. The highest BCUT2D eigenvalue weighted by Crippen LogP contribution is 2.42. The fourth-order valence-electron chi connectivity index (χ4n) is 7.01. The van der Waals surface area contributed by atoms with Crippen molar-refractivity contribution in [2.75, 3.05) is 33.9 Å². The fraction of sp³-hybridized carbons (Fsp3) is 0.308. The van der Waals surface area contributed by atoms with Crippen LogP contribution in [0.25, 0.3) is 39.2 Å². The Labute approximate surface area is 310 Å². The highest BCUT2D eigenvalue weighted by Gasteiger charge is 2.29. The summed E-state index contributed by atoms with van der Waals surface area (Å²) in [6.07, 6.45) is 5.42. The van der Waals surface area contributed by atoms with E-state index in [2.05, 4.69) is 20.5 Å². The molecule has 2 aliphatic rings. The van der Waals surface area contributed by atoms with Crippen LogP contribution in [-0.2, 0) is 27.4 Å². The van der Waals surface area contributed by atoms with Crippen molar-refractivity contribution in [1.29, 1.82) is 0 Å². The van der Waals surface area contributed by atoms with E-state index >= 15 is 0 Å². The van der Waals surface area contributed by atoms with E-state index in [9.17, 15) is 14.4 Å². The smallest absolute Gasteiger partial charge is 0.310 e. The topological polar surface area (TPSA) is 127 Å². The molecular formula is C39H38Cl2N6O5. The molecule has 0 radical (unpaired) electrons. The Morgan fingerprint density at radius 2 is 1.71 bits per heavy atom. The molecule has 5 heterocycles. The Hall–Kier alpha value is -4.81. The second-order valence-corrected chi connectivity index (χ2v) is 13.9. The van der Waals surface area contributed by atoms with Gasteiger partial charge in [0.1, 0.15) is 5.65 Å². The van der Waals surface area contributed by atoms with Gasteiger partial charge in [0.15, 0.2) is 0 Å². The molecule has 7 rings (SSSR count). The van der Waals surface area contributed by atoms with E-state index in [0.29, 0.717) is 78.4 Å². The van der Waals surface area contributed by atoms with Crippen LogP contribution in [-0.4, -0.2) is 71.0 Å². The number of methoxy groups -OCH3 is 2. The molecular weight excluding hydrogens is 703 g/mol. The summed E-state index contributed by atoms with van der Waals surface area (Å²) in [5.41, 5.74) is 6.21. The largest absolute Gasteiger partial charge is 0.481 e. The first kappa shape index (κ1) is 35.6. The van der Waals surface area contributed by atoms with Gasteiger partial charge < -0.3 is 20.1 Å².